The summed E-state index contributed by atoms with van der Waals surface area (Å²) in [5.41, 5.74) is 7.97. The molecular formula is C16H20ClN3. The van der Waals surface area contributed by atoms with Crippen LogP contribution in [0, 0.1) is 0 Å². The summed E-state index contributed by atoms with van der Waals surface area (Å²) in [4.78, 5) is 6.58. The highest BCUT2D eigenvalue weighted by molar-refractivity contribution is 6.31. The van der Waals surface area contributed by atoms with E-state index in [0.717, 1.165) is 22.0 Å². The first-order valence-corrected chi connectivity index (χ1v) is 7.07. The second kappa shape index (κ2) is 6.25. The number of rotatable bonds is 4. The van der Waals surface area contributed by atoms with E-state index < -0.39 is 0 Å². The van der Waals surface area contributed by atoms with Gasteiger partial charge in [0.05, 0.1) is 6.04 Å². The number of hydrogen-bond donors (Lipinski definition) is 1. The van der Waals surface area contributed by atoms with Crippen molar-refractivity contribution in [3.05, 3.63) is 58.7 Å². The van der Waals surface area contributed by atoms with Gasteiger partial charge in [0, 0.05) is 24.3 Å². The van der Waals surface area contributed by atoms with E-state index in [2.05, 4.69) is 16.8 Å². The Morgan fingerprint density at radius 3 is 2.40 bits per heavy atom. The maximum Gasteiger partial charge on any atom is 0.128 e. The van der Waals surface area contributed by atoms with E-state index in [1.165, 1.54) is 0 Å². The molecule has 20 heavy (non-hydrogen) atoms. The lowest BCUT2D eigenvalue weighted by molar-refractivity contribution is 0.726. The Morgan fingerprint density at radius 2 is 1.85 bits per heavy atom. The normalized spacial score (nSPS) is 13.8. The second-order valence-electron chi connectivity index (χ2n) is 5.05. The van der Waals surface area contributed by atoms with Crippen LogP contribution in [0.25, 0.3) is 0 Å². The average Bonchev–Trinajstić information content (AvgIpc) is 2.46. The van der Waals surface area contributed by atoms with Gasteiger partial charge in [-0.2, -0.15) is 0 Å². The molecule has 0 aliphatic rings. The van der Waals surface area contributed by atoms with E-state index in [1.807, 2.05) is 56.6 Å². The maximum atomic E-state index is 6.25. The van der Waals surface area contributed by atoms with E-state index in [9.17, 15) is 0 Å². The fourth-order valence-corrected chi connectivity index (χ4v) is 2.39. The first-order valence-electron chi connectivity index (χ1n) is 6.69. The van der Waals surface area contributed by atoms with Gasteiger partial charge >= 0.3 is 0 Å². The SMILES string of the molecule is CC(c1ccccc1Cl)N(C)c1ccc([C@H](C)N)cn1. The van der Waals surface area contributed by atoms with Crippen molar-refractivity contribution in [2.75, 3.05) is 11.9 Å². The van der Waals surface area contributed by atoms with Crippen molar-refractivity contribution in [1.82, 2.24) is 4.98 Å². The summed E-state index contributed by atoms with van der Waals surface area (Å²) in [6.07, 6.45) is 1.83. The summed E-state index contributed by atoms with van der Waals surface area (Å²) in [7, 11) is 2.02. The van der Waals surface area contributed by atoms with Crippen LogP contribution in [0.3, 0.4) is 0 Å². The highest BCUT2D eigenvalue weighted by Gasteiger charge is 2.15. The zero-order valence-electron chi connectivity index (χ0n) is 12.0. The van der Waals surface area contributed by atoms with Gasteiger partial charge in [-0.05, 0) is 37.1 Å². The van der Waals surface area contributed by atoms with Gasteiger partial charge in [0.25, 0.3) is 0 Å². The van der Waals surface area contributed by atoms with Crippen LogP contribution in [-0.2, 0) is 0 Å². The lowest BCUT2D eigenvalue weighted by Gasteiger charge is -2.27. The molecule has 2 atom stereocenters. The van der Waals surface area contributed by atoms with E-state index in [-0.39, 0.29) is 12.1 Å². The van der Waals surface area contributed by atoms with E-state index in [4.69, 9.17) is 17.3 Å². The third-order valence-corrected chi connectivity index (χ3v) is 3.94. The molecule has 1 unspecified atom stereocenters. The smallest absolute Gasteiger partial charge is 0.128 e. The molecule has 0 bridgehead atoms. The predicted octanol–water partition coefficient (Wildman–Crippen LogP) is 3.95. The maximum absolute atomic E-state index is 6.25. The minimum atomic E-state index is 0.00264. The van der Waals surface area contributed by atoms with Crippen LogP contribution in [-0.4, -0.2) is 12.0 Å². The zero-order valence-corrected chi connectivity index (χ0v) is 12.8. The largest absolute Gasteiger partial charge is 0.353 e. The van der Waals surface area contributed by atoms with E-state index in [0.29, 0.717) is 0 Å². The number of nitrogens with two attached hydrogens (primary N) is 1. The zero-order chi connectivity index (χ0) is 14.7. The van der Waals surface area contributed by atoms with Gasteiger partial charge in [0.2, 0.25) is 0 Å². The second-order valence-corrected chi connectivity index (χ2v) is 5.45. The number of hydrogen-bond acceptors (Lipinski definition) is 3. The van der Waals surface area contributed by atoms with Gasteiger partial charge < -0.3 is 10.6 Å². The van der Waals surface area contributed by atoms with Gasteiger partial charge in [-0.25, -0.2) is 4.98 Å². The molecule has 0 saturated heterocycles. The predicted molar refractivity (Wildman–Crippen MR) is 85.1 cm³/mol. The fraction of sp³-hybridized carbons (Fsp3) is 0.312. The van der Waals surface area contributed by atoms with Crippen LogP contribution in [0.15, 0.2) is 42.6 Å². The Hall–Kier alpha value is -1.58. The van der Waals surface area contributed by atoms with Crippen molar-refractivity contribution >= 4 is 17.4 Å². The number of pyridine rings is 1. The summed E-state index contributed by atoms with van der Waals surface area (Å²) >= 11 is 6.25. The van der Waals surface area contributed by atoms with Crippen molar-refractivity contribution in [1.29, 1.82) is 0 Å². The Balaban J connectivity index is 2.22. The highest BCUT2D eigenvalue weighted by Crippen LogP contribution is 2.29. The first kappa shape index (κ1) is 14.8. The van der Waals surface area contributed by atoms with Gasteiger partial charge in [-0.15, -0.1) is 0 Å². The third kappa shape index (κ3) is 3.11. The fourth-order valence-electron chi connectivity index (χ4n) is 2.10. The van der Waals surface area contributed by atoms with Gasteiger partial charge in [-0.3, -0.25) is 0 Å². The van der Waals surface area contributed by atoms with Crippen LogP contribution >= 0.6 is 11.6 Å². The molecule has 2 aromatic rings. The lowest BCUT2D eigenvalue weighted by atomic mass is 10.1. The monoisotopic (exact) mass is 289 g/mol. The van der Waals surface area contributed by atoms with Crippen molar-refractivity contribution in [3.8, 4) is 0 Å². The minimum Gasteiger partial charge on any atom is -0.353 e. The molecule has 4 heteroatoms. The molecule has 0 saturated carbocycles. The van der Waals surface area contributed by atoms with Crippen LogP contribution in [0.4, 0.5) is 5.82 Å². The average molecular weight is 290 g/mol. The minimum absolute atomic E-state index is 0.00264. The van der Waals surface area contributed by atoms with Crippen molar-refractivity contribution < 1.29 is 0 Å². The van der Waals surface area contributed by atoms with Crippen LogP contribution in [0.2, 0.25) is 5.02 Å². The number of anilines is 1. The summed E-state index contributed by atoms with van der Waals surface area (Å²) < 4.78 is 0. The van der Waals surface area contributed by atoms with E-state index >= 15 is 0 Å². The van der Waals surface area contributed by atoms with Crippen molar-refractivity contribution in [2.24, 2.45) is 5.73 Å². The number of benzene rings is 1. The molecular weight excluding hydrogens is 270 g/mol. The molecule has 1 aromatic heterocycles. The van der Waals surface area contributed by atoms with Crippen molar-refractivity contribution in [3.63, 3.8) is 0 Å². The molecule has 3 nitrogen and oxygen atoms in total. The molecule has 0 aliphatic heterocycles. The molecule has 1 aromatic carbocycles. The Kier molecular flexibility index (Phi) is 4.63. The molecule has 2 rings (SSSR count). The molecule has 1 heterocycles. The summed E-state index contributed by atoms with van der Waals surface area (Å²) in [5, 5.41) is 0.777. The molecule has 0 spiro atoms. The van der Waals surface area contributed by atoms with Gasteiger partial charge in [0.1, 0.15) is 5.82 Å². The number of nitrogens with zero attached hydrogens (tertiary/aromatic N) is 2. The summed E-state index contributed by atoms with van der Waals surface area (Å²) in [6, 6.07) is 12.1. The highest BCUT2D eigenvalue weighted by atomic mass is 35.5. The van der Waals surface area contributed by atoms with Gasteiger partial charge in [0.15, 0.2) is 0 Å². The Bertz CT molecular complexity index is 566. The lowest BCUT2D eigenvalue weighted by Crippen LogP contribution is -2.23. The molecule has 0 amide bonds. The van der Waals surface area contributed by atoms with Gasteiger partial charge in [-0.1, -0.05) is 35.9 Å². The Morgan fingerprint density at radius 1 is 1.15 bits per heavy atom. The van der Waals surface area contributed by atoms with E-state index in [1.54, 1.807) is 0 Å². The van der Waals surface area contributed by atoms with Crippen molar-refractivity contribution in [2.45, 2.75) is 25.9 Å². The molecule has 0 fully saturated rings. The molecule has 2 N–H and O–H groups in total. The molecule has 0 aliphatic carbocycles. The van der Waals surface area contributed by atoms with Crippen LogP contribution in [0.1, 0.15) is 37.1 Å². The molecule has 0 radical (unpaired) electrons. The van der Waals surface area contributed by atoms with Crippen LogP contribution < -0.4 is 10.6 Å². The molecule has 106 valence electrons. The third-order valence-electron chi connectivity index (χ3n) is 3.59. The van der Waals surface area contributed by atoms with Crippen LogP contribution in [0.5, 0.6) is 0 Å². The topological polar surface area (TPSA) is 42.1 Å². The number of halogens is 1. The standard InChI is InChI=1S/C16H20ClN3/c1-11(18)13-8-9-16(19-10-13)20(3)12(2)14-6-4-5-7-15(14)17/h4-12H,18H2,1-3H3/t11-,12?/m0/s1. The Labute approximate surface area is 125 Å². The quantitative estimate of drug-likeness (QED) is 0.926. The summed E-state index contributed by atoms with van der Waals surface area (Å²) in [5.74, 6) is 0.904. The summed E-state index contributed by atoms with van der Waals surface area (Å²) in [6.45, 7) is 4.06. The first-order chi connectivity index (χ1) is 9.50. The number of aromatic nitrogens is 1.